The van der Waals surface area contributed by atoms with E-state index in [9.17, 15) is 5.11 Å². The van der Waals surface area contributed by atoms with Crippen LogP contribution in [0, 0.1) is 6.92 Å². The van der Waals surface area contributed by atoms with Crippen LogP contribution >= 0.6 is 11.6 Å². The smallest absolute Gasteiger partial charge is 0.180 e. The van der Waals surface area contributed by atoms with E-state index < -0.39 is 5.60 Å². The number of aliphatic hydroxyl groups is 1. The van der Waals surface area contributed by atoms with Gasteiger partial charge in [-0.25, -0.2) is 0 Å². The van der Waals surface area contributed by atoms with E-state index in [1.807, 2.05) is 13.0 Å². The predicted octanol–water partition coefficient (Wildman–Crippen LogP) is 2.49. The Kier molecular flexibility index (Phi) is 2.49. The molecule has 17 heavy (non-hydrogen) atoms. The second-order valence-electron chi connectivity index (χ2n) is 4.91. The molecular formula is C13H15ClO3. The molecule has 1 saturated carbocycles. The topological polar surface area (TPSA) is 38.7 Å². The fourth-order valence-electron chi connectivity index (χ4n) is 2.17. The lowest BCUT2D eigenvalue weighted by Gasteiger charge is -2.23. The molecular weight excluding hydrogens is 240 g/mol. The van der Waals surface area contributed by atoms with Gasteiger partial charge in [-0.1, -0.05) is 11.6 Å². The second-order valence-corrected chi connectivity index (χ2v) is 5.29. The van der Waals surface area contributed by atoms with Crippen LogP contribution < -0.4 is 9.47 Å². The van der Waals surface area contributed by atoms with Gasteiger partial charge in [-0.15, -0.1) is 0 Å². The predicted molar refractivity (Wildman–Crippen MR) is 65.1 cm³/mol. The van der Waals surface area contributed by atoms with E-state index in [4.69, 9.17) is 21.1 Å². The summed E-state index contributed by atoms with van der Waals surface area (Å²) in [6, 6.07) is 1.95. The molecule has 3 rings (SSSR count). The summed E-state index contributed by atoms with van der Waals surface area (Å²) in [5, 5.41) is 10.6. The van der Waals surface area contributed by atoms with Crippen LogP contribution in [0.5, 0.6) is 11.5 Å². The maximum atomic E-state index is 10.0. The summed E-state index contributed by atoms with van der Waals surface area (Å²) >= 11 is 6.35. The molecule has 0 aromatic heterocycles. The van der Waals surface area contributed by atoms with Crippen LogP contribution in [0.3, 0.4) is 0 Å². The van der Waals surface area contributed by atoms with Crippen molar-refractivity contribution < 1.29 is 14.6 Å². The van der Waals surface area contributed by atoms with Crippen molar-refractivity contribution in [2.75, 3.05) is 13.2 Å². The van der Waals surface area contributed by atoms with Crippen molar-refractivity contribution in [1.29, 1.82) is 0 Å². The highest BCUT2D eigenvalue weighted by molar-refractivity contribution is 6.33. The maximum absolute atomic E-state index is 10.0. The Morgan fingerprint density at radius 3 is 2.76 bits per heavy atom. The van der Waals surface area contributed by atoms with E-state index in [0.29, 0.717) is 36.2 Å². The van der Waals surface area contributed by atoms with Crippen molar-refractivity contribution in [1.82, 2.24) is 0 Å². The summed E-state index contributed by atoms with van der Waals surface area (Å²) in [7, 11) is 0. The molecule has 0 spiro atoms. The number of ether oxygens (including phenoxy) is 2. The van der Waals surface area contributed by atoms with Crippen LogP contribution in [0.2, 0.25) is 5.02 Å². The van der Waals surface area contributed by atoms with E-state index in [1.54, 1.807) is 0 Å². The van der Waals surface area contributed by atoms with Gasteiger partial charge in [0.1, 0.15) is 13.2 Å². The van der Waals surface area contributed by atoms with Crippen LogP contribution in [-0.4, -0.2) is 23.9 Å². The molecule has 0 atom stereocenters. The average Bonchev–Trinajstić information content (AvgIpc) is 3.03. The number of hydrogen-bond acceptors (Lipinski definition) is 3. The first-order valence-corrected chi connectivity index (χ1v) is 6.27. The van der Waals surface area contributed by atoms with Crippen molar-refractivity contribution in [2.24, 2.45) is 0 Å². The van der Waals surface area contributed by atoms with Gasteiger partial charge in [0.15, 0.2) is 11.5 Å². The van der Waals surface area contributed by atoms with Gasteiger partial charge in [-0.2, -0.15) is 0 Å². The molecule has 2 aliphatic rings. The largest absolute Gasteiger partial charge is 0.486 e. The summed E-state index contributed by atoms with van der Waals surface area (Å²) in [5.74, 6) is 1.34. The minimum atomic E-state index is -0.543. The molecule has 4 heteroatoms. The normalized spacial score (nSPS) is 20.2. The quantitative estimate of drug-likeness (QED) is 0.881. The minimum absolute atomic E-state index is 0.527. The van der Waals surface area contributed by atoms with Crippen molar-refractivity contribution >= 4 is 11.6 Å². The number of halogens is 1. The first-order chi connectivity index (χ1) is 8.09. The third-order valence-corrected chi connectivity index (χ3v) is 3.83. The van der Waals surface area contributed by atoms with Crippen LogP contribution in [0.1, 0.15) is 24.0 Å². The number of rotatable bonds is 2. The molecule has 0 unspecified atom stereocenters. The lowest BCUT2D eigenvalue weighted by atomic mass is 10.00. The molecule has 0 amide bonds. The van der Waals surface area contributed by atoms with Gasteiger partial charge in [-0.05, 0) is 37.0 Å². The van der Waals surface area contributed by atoms with E-state index in [0.717, 1.165) is 24.0 Å². The van der Waals surface area contributed by atoms with Gasteiger partial charge in [-0.3, -0.25) is 0 Å². The highest BCUT2D eigenvalue weighted by Crippen LogP contribution is 2.46. The average molecular weight is 255 g/mol. The van der Waals surface area contributed by atoms with Crippen LogP contribution in [0.4, 0.5) is 0 Å². The summed E-state index contributed by atoms with van der Waals surface area (Å²) in [4.78, 5) is 0. The Balaban J connectivity index is 2.02. The summed E-state index contributed by atoms with van der Waals surface area (Å²) in [6.07, 6.45) is 2.32. The Labute approximate surface area is 105 Å². The Morgan fingerprint density at radius 1 is 1.35 bits per heavy atom. The maximum Gasteiger partial charge on any atom is 0.180 e. The molecule has 1 heterocycles. The van der Waals surface area contributed by atoms with Gasteiger partial charge in [0.25, 0.3) is 0 Å². The van der Waals surface area contributed by atoms with Crippen molar-refractivity contribution in [3.05, 3.63) is 22.2 Å². The molecule has 1 fully saturated rings. The standard InChI is InChI=1S/C13H15ClO3/c1-8-6-10-12(17-5-4-16-10)11(14)9(8)7-13(15)2-3-13/h6,15H,2-5,7H2,1H3. The van der Waals surface area contributed by atoms with Crippen molar-refractivity contribution in [3.8, 4) is 11.5 Å². The molecule has 1 aromatic carbocycles. The molecule has 1 aliphatic heterocycles. The summed E-state index contributed by atoms with van der Waals surface area (Å²) in [6.45, 7) is 3.08. The van der Waals surface area contributed by atoms with Gasteiger partial charge in [0, 0.05) is 6.42 Å². The second kappa shape index (κ2) is 3.79. The molecule has 3 nitrogen and oxygen atoms in total. The first kappa shape index (κ1) is 11.2. The third-order valence-electron chi connectivity index (χ3n) is 3.43. The number of hydrogen-bond donors (Lipinski definition) is 1. The fraction of sp³-hybridized carbons (Fsp3) is 0.538. The van der Waals surface area contributed by atoms with Gasteiger partial charge in [0.2, 0.25) is 0 Å². The molecule has 0 bridgehead atoms. The zero-order valence-corrected chi connectivity index (χ0v) is 10.5. The number of fused-ring (bicyclic) bond motifs is 1. The summed E-state index contributed by atoms with van der Waals surface area (Å²) < 4.78 is 11.1. The molecule has 0 radical (unpaired) electrons. The zero-order chi connectivity index (χ0) is 12.0. The Hall–Kier alpha value is -0.930. The highest BCUT2D eigenvalue weighted by atomic mass is 35.5. The molecule has 1 N–H and O–H groups in total. The van der Waals surface area contributed by atoms with Crippen molar-refractivity contribution in [3.63, 3.8) is 0 Å². The molecule has 0 saturated heterocycles. The van der Waals surface area contributed by atoms with E-state index in [2.05, 4.69) is 0 Å². The Morgan fingerprint density at radius 2 is 2.06 bits per heavy atom. The summed E-state index contributed by atoms with van der Waals surface area (Å²) in [5.41, 5.74) is 1.49. The van der Waals surface area contributed by atoms with Gasteiger partial charge >= 0.3 is 0 Å². The molecule has 1 aliphatic carbocycles. The lowest BCUT2D eigenvalue weighted by Crippen LogP contribution is -2.18. The monoisotopic (exact) mass is 254 g/mol. The fourth-order valence-corrected chi connectivity index (χ4v) is 2.54. The van der Waals surface area contributed by atoms with Gasteiger partial charge < -0.3 is 14.6 Å². The number of benzene rings is 1. The zero-order valence-electron chi connectivity index (χ0n) is 9.75. The van der Waals surface area contributed by atoms with Gasteiger partial charge in [0.05, 0.1) is 10.6 Å². The Bertz CT molecular complexity index is 466. The molecule has 92 valence electrons. The SMILES string of the molecule is Cc1cc2c(c(Cl)c1CC1(O)CC1)OCCO2. The number of aryl methyl sites for hydroxylation is 1. The lowest BCUT2D eigenvalue weighted by molar-refractivity contribution is 0.149. The van der Waals surface area contributed by atoms with Crippen LogP contribution in [0.15, 0.2) is 6.07 Å². The van der Waals surface area contributed by atoms with E-state index >= 15 is 0 Å². The van der Waals surface area contributed by atoms with Crippen molar-refractivity contribution in [2.45, 2.75) is 31.8 Å². The minimum Gasteiger partial charge on any atom is -0.486 e. The van der Waals surface area contributed by atoms with E-state index in [-0.39, 0.29) is 0 Å². The molecule has 1 aromatic rings. The highest BCUT2D eigenvalue weighted by Gasteiger charge is 2.41. The third kappa shape index (κ3) is 1.98. The van der Waals surface area contributed by atoms with Crippen LogP contribution in [0.25, 0.3) is 0 Å². The first-order valence-electron chi connectivity index (χ1n) is 5.89. The van der Waals surface area contributed by atoms with E-state index in [1.165, 1.54) is 0 Å². The van der Waals surface area contributed by atoms with Crippen LogP contribution in [-0.2, 0) is 6.42 Å².